The quantitative estimate of drug-likeness (QED) is 0.736. The molecule has 1 aromatic carbocycles. The summed E-state index contributed by atoms with van der Waals surface area (Å²) < 4.78 is 32.0. The van der Waals surface area contributed by atoms with Crippen molar-refractivity contribution in [3.63, 3.8) is 0 Å². The molecule has 0 aliphatic carbocycles. The van der Waals surface area contributed by atoms with E-state index in [9.17, 15) is 8.42 Å². The average molecular weight is 342 g/mol. The first kappa shape index (κ1) is 18.2. The number of likely N-dealkylation sites (tertiary alicyclic amines) is 1. The maximum absolute atomic E-state index is 11.9. The number of rotatable bonds is 8. The summed E-state index contributed by atoms with van der Waals surface area (Å²) in [5.41, 5.74) is 1.16. The molecule has 7 heteroatoms. The highest BCUT2D eigenvalue weighted by molar-refractivity contribution is 7.90. The summed E-state index contributed by atoms with van der Waals surface area (Å²) >= 11 is 0. The zero-order chi connectivity index (χ0) is 16.9. The van der Waals surface area contributed by atoms with Crippen LogP contribution < -0.4 is 9.46 Å². The van der Waals surface area contributed by atoms with Gasteiger partial charge >= 0.3 is 0 Å². The van der Waals surface area contributed by atoms with Crippen molar-refractivity contribution in [3.05, 3.63) is 29.8 Å². The van der Waals surface area contributed by atoms with Gasteiger partial charge in [0.2, 0.25) is 10.0 Å². The Hall–Kier alpha value is -1.15. The number of hydrogen-bond donors (Lipinski definition) is 2. The Morgan fingerprint density at radius 2 is 2.04 bits per heavy atom. The van der Waals surface area contributed by atoms with Crippen LogP contribution in [0.4, 0.5) is 0 Å². The fourth-order valence-electron chi connectivity index (χ4n) is 2.55. The third-order valence-corrected chi connectivity index (χ3v) is 5.82. The molecule has 1 aliphatic heterocycles. The highest BCUT2D eigenvalue weighted by Crippen LogP contribution is 2.17. The van der Waals surface area contributed by atoms with Gasteiger partial charge in [0.25, 0.3) is 0 Å². The van der Waals surface area contributed by atoms with Gasteiger partial charge in [0, 0.05) is 25.7 Å². The molecule has 6 nitrogen and oxygen atoms in total. The van der Waals surface area contributed by atoms with Crippen molar-refractivity contribution in [2.24, 2.45) is 0 Å². The molecule has 0 spiro atoms. The lowest BCUT2D eigenvalue weighted by Gasteiger charge is -2.18. The summed E-state index contributed by atoms with van der Waals surface area (Å²) in [6.45, 7) is 6.08. The Labute approximate surface area is 138 Å². The molecule has 1 heterocycles. The standard InChI is InChI=1S/C16H26N2O4S/c1-13(2)23(20,21)17-15-7-8-18(12-15)11-14-3-5-16(6-4-14)22-10-9-19/h3-6,13,15,17,19H,7-12H2,1-2H3/t15-/m1/s1. The van der Waals surface area contributed by atoms with E-state index < -0.39 is 15.3 Å². The predicted molar refractivity (Wildman–Crippen MR) is 89.9 cm³/mol. The normalized spacial score (nSPS) is 19.4. The van der Waals surface area contributed by atoms with Crippen LogP contribution >= 0.6 is 0 Å². The number of aliphatic hydroxyl groups is 1. The molecule has 0 aromatic heterocycles. The van der Waals surface area contributed by atoms with Gasteiger partial charge in [0.1, 0.15) is 12.4 Å². The number of ether oxygens (including phenoxy) is 1. The van der Waals surface area contributed by atoms with E-state index in [1.54, 1.807) is 13.8 Å². The van der Waals surface area contributed by atoms with E-state index in [2.05, 4.69) is 9.62 Å². The van der Waals surface area contributed by atoms with Gasteiger partial charge in [0.15, 0.2) is 0 Å². The largest absolute Gasteiger partial charge is 0.491 e. The first-order valence-electron chi connectivity index (χ1n) is 7.97. The van der Waals surface area contributed by atoms with E-state index in [-0.39, 0.29) is 12.6 Å². The molecule has 1 atom stereocenters. The Balaban J connectivity index is 1.83. The molecule has 2 N–H and O–H groups in total. The molecule has 0 saturated carbocycles. The fraction of sp³-hybridized carbons (Fsp3) is 0.625. The van der Waals surface area contributed by atoms with E-state index in [0.717, 1.165) is 37.4 Å². The van der Waals surface area contributed by atoms with Crippen LogP contribution in [0.5, 0.6) is 5.75 Å². The third kappa shape index (κ3) is 5.46. The van der Waals surface area contributed by atoms with Gasteiger partial charge < -0.3 is 9.84 Å². The lowest BCUT2D eigenvalue weighted by Crippen LogP contribution is -2.40. The highest BCUT2D eigenvalue weighted by atomic mass is 32.2. The molecule has 0 radical (unpaired) electrons. The fourth-order valence-corrected chi connectivity index (χ4v) is 3.48. The topological polar surface area (TPSA) is 78.9 Å². The summed E-state index contributed by atoms with van der Waals surface area (Å²) in [6.07, 6.45) is 0.837. The Morgan fingerprint density at radius 3 is 2.65 bits per heavy atom. The lowest BCUT2D eigenvalue weighted by molar-refractivity contribution is 0.201. The number of nitrogens with zero attached hydrogens (tertiary/aromatic N) is 1. The van der Waals surface area contributed by atoms with Crippen molar-refractivity contribution in [3.8, 4) is 5.75 Å². The summed E-state index contributed by atoms with van der Waals surface area (Å²) in [4.78, 5) is 2.25. The van der Waals surface area contributed by atoms with Gasteiger partial charge in [-0.15, -0.1) is 0 Å². The van der Waals surface area contributed by atoms with Gasteiger partial charge in [-0.05, 0) is 38.0 Å². The van der Waals surface area contributed by atoms with E-state index in [1.807, 2.05) is 24.3 Å². The lowest BCUT2D eigenvalue weighted by atomic mass is 10.2. The van der Waals surface area contributed by atoms with Crippen LogP contribution in [0.2, 0.25) is 0 Å². The van der Waals surface area contributed by atoms with Crippen LogP contribution in [-0.4, -0.2) is 56.0 Å². The maximum atomic E-state index is 11.9. The van der Waals surface area contributed by atoms with Crippen molar-refractivity contribution in [1.82, 2.24) is 9.62 Å². The second-order valence-electron chi connectivity index (χ2n) is 6.15. The van der Waals surface area contributed by atoms with Crippen LogP contribution in [0.1, 0.15) is 25.8 Å². The van der Waals surface area contributed by atoms with Crippen molar-refractivity contribution in [1.29, 1.82) is 0 Å². The first-order chi connectivity index (χ1) is 10.9. The van der Waals surface area contributed by atoms with Crippen LogP contribution in [0, 0.1) is 0 Å². The van der Waals surface area contributed by atoms with Crippen LogP contribution in [0.25, 0.3) is 0 Å². The molecule has 1 fully saturated rings. The van der Waals surface area contributed by atoms with Gasteiger partial charge in [0.05, 0.1) is 11.9 Å². The van der Waals surface area contributed by atoms with Gasteiger partial charge in [-0.1, -0.05) is 12.1 Å². The molecule has 1 aromatic rings. The summed E-state index contributed by atoms with van der Waals surface area (Å²) in [5, 5.41) is 8.33. The van der Waals surface area contributed by atoms with Crippen molar-refractivity contribution in [2.75, 3.05) is 26.3 Å². The van der Waals surface area contributed by atoms with E-state index in [0.29, 0.717) is 6.61 Å². The predicted octanol–water partition coefficient (Wildman–Crippen LogP) is 0.960. The molecular weight excluding hydrogens is 316 g/mol. The van der Waals surface area contributed by atoms with Crippen molar-refractivity contribution < 1.29 is 18.3 Å². The molecule has 1 aliphatic rings. The first-order valence-corrected chi connectivity index (χ1v) is 9.51. The van der Waals surface area contributed by atoms with Crippen LogP contribution in [0.15, 0.2) is 24.3 Å². The zero-order valence-corrected chi connectivity index (χ0v) is 14.6. The molecule has 2 rings (SSSR count). The Bertz CT molecular complexity index is 587. The molecule has 1 saturated heterocycles. The number of nitrogens with one attached hydrogen (secondary N) is 1. The summed E-state index contributed by atoms with van der Waals surface area (Å²) in [6, 6.07) is 7.77. The third-order valence-electron chi connectivity index (χ3n) is 3.91. The molecule has 0 unspecified atom stereocenters. The molecule has 0 amide bonds. The maximum Gasteiger partial charge on any atom is 0.214 e. The van der Waals surface area contributed by atoms with Gasteiger partial charge in [-0.3, -0.25) is 4.90 Å². The van der Waals surface area contributed by atoms with Gasteiger partial charge in [-0.2, -0.15) is 0 Å². The number of aliphatic hydroxyl groups excluding tert-OH is 1. The second kappa shape index (κ2) is 8.10. The minimum absolute atomic E-state index is 0.00318. The molecule has 130 valence electrons. The van der Waals surface area contributed by atoms with Crippen LogP contribution in [0.3, 0.4) is 0 Å². The number of benzene rings is 1. The SMILES string of the molecule is CC(C)S(=O)(=O)N[C@@H]1CCN(Cc2ccc(OCCO)cc2)C1. The van der Waals surface area contributed by atoms with Crippen LogP contribution in [-0.2, 0) is 16.6 Å². The second-order valence-corrected chi connectivity index (χ2v) is 8.42. The van der Waals surface area contributed by atoms with Crippen molar-refractivity contribution >= 4 is 10.0 Å². The van der Waals surface area contributed by atoms with E-state index in [1.165, 1.54) is 0 Å². The van der Waals surface area contributed by atoms with E-state index in [4.69, 9.17) is 9.84 Å². The number of sulfonamides is 1. The summed E-state index contributed by atoms with van der Waals surface area (Å²) in [5.74, 6) is 0.742. The Kier molecular flexibility index (Phi) is 6.41. The Morgan fingerprint density at radius 1 is 1.35 bits per heavy atom. The molecular formula is C16H26N2O4S. The molecule has 23 heavy (non-hydrogen) atoms. The average Bonchev–Trinajstić information content (AvgIpc) is 2.92. The van der Waals surface area contributed by atoms with Crippen molar-refractivity contribution in [2.45, 2.75) is 38.1 Å². The number of hydrogen-bond acceptors (Lipinski definition) is 5. The van der Waals surface area contributed by atoms with E-state index >= 15 is 0 Å². The smallest absolute Gasteiger partial charge is 0.214 e. The highest BCUT2D eigenvalue weighted by Gasteiger charge is 2.27. The monoisotopic (exact) mass is 342 g/mol. The summed E-state index contributed by atoms with van der Waals surface area (Å²) in [7, 11) is -3.21. The minimum atomic E-state index is -3.21. The van der Waals surface area contributed by atoms with Gasteiger partial charge in [-0.25, -0.2) is 13.1 Å². The zero-order valence-electron chi connectivity index (χ0n) is 13.7. The molecule has 0 bridgehead atoms. The minimum Gasteiger partial charge on any atom is -0.491 e.